The number of alkyl halides is 3. The van der Waals surface area contributed by atoms with Gasteiger partial charge in [0, 0.05) is 29.9 Å². The van der Waals surface area contributed by atoms with E-state index in [1.165, 1.54) is 23.7 Å². The molecule has 0 atom stereocenters. The summed E-state index contributed by atoms with van der Waals surface area (Å²) in [5.41, 5.74) is -6.07. The summed E-state index contributed by atoms with van der Waals surface area (Å²) in [4.78, 5) is 26.0. The molecule has 2 aromatic carbocycles. The van der Waals surface area contributed by atoms with Gasteiger partial charge in [0.15, 0.2) is 0 Å². The van der Waals surface area contributed by atoms with Gasteiger partial charge in [-0.1, -0.05) is 26.0 Å². The Labute approximate surface area is 197 Å². The van der Waals surface area contributed by atoms with E-state index in [0.29, 0.717) is 0 Å². The number of rotatable bonds is 6. The minimum atomic E-state index is -6.01. The summed E-state index contributed by atoms with van der Waals surface area (Å²) in [6, 6.07) is 7.64. The van der Waals surface area contributed by atoms with E-state index in [1.54, 1.807) is 13.8 Å². The SMILES string of the molecule is CC(C)Cn1c(N(C)C(=O)O)c(-c2ccc(F)cc2)c2cc(OS(=O)(=O)C(F)(F)F)ccc2c1=O. The summed E-state index contributed by atoms with van der Waals surface area (Å²) >= 11 is 0. The Morgan fingerprint density at radius 2 is 1.71 bits per heavy atom. The average molecular weight is 516 g/mol. The first-order chi connectivity index (χ1) is 16.1. The molecule has 0 aliphatic rings. The summed E-state index contributed by atoms with van der Waals surface area (Å²) in [5.74, 6) is -1.61. The molecule has 35 heavy (non-hydrogen) atoms. The predicted molar refractivity (Wildman–Crippen MR) is 120 cm³/mol. The van der Waals surface area contributed by atoms with E-state index < -0.39 is 38.8 Å². The van der Waals surface area contributed by atoms with Crippen LogP contribution in [0, 0.1) is 11.7 Å². The average Bonchev–Trinajstić information content (AvgIpc) is 2.74. The largest absolute Gasteiger partial charge is 0.534 e. The number of amides is 1. The van der Waals surface area contributed by atoms with Crippen LogP contribution in [-0.2, 0) is 16.7 Å². The van der Waals surface area contributed by atoms with Crippen molar-refractivity contribution in [2.75, 3.05) is 11.9 Å². The van der Waals surface area contributed by atoms with Crippen LogP contribution >= 0.6 is 0 Å². The van der Waals surface area contributed by atoms with Crippen LogP contribution in [0.2, 0.25) is 0 Å². The van der Waals surface area contributed by atoms with Gasteiger partial charge in [0.05, 0.1) is 0 Å². The molecule has 13 heteroatoms. The monoisotopic (exact) mass is 516 g/mol. The lowest BCUT2D eigenvalue weighted by molar-refractivity contribution is -0.0500. The summed E-state index contributed by atoms with van der Waals surface area (Å²) in [7, 11) is -4.85. The van der Waals surface area contributed by atoms with Crippen molar-refractivity contribution in [2.24, 2.45) is 5.92 Å². The van der Waals surface area contributed by atoms with Crippen LogP contribution in [-0.4, -0.2) is 36.7 Å². The molecule has 8 nitrogen and oxygen atoms in total. The summed E-state index contributed by atoms with van der Waals surface area (Å²) in [6.45, 7) is 3.66. The highest BCUT2D eigenvalue weighted by atomic mass is 32.2. The van der Waals surface area contributed by atoms with E-state index in [0.717, 1.165) is 35.2 Å². The maximum Gasteiger partial charge on any atom is 0.534 e. The number of nitrogens with zero attached hydrogens (tertiary/aromatic N) is 2. The molecular formula is C22H20F4N2O6S. The number of benzene rings is 2. The van der Waals surface area contributed by atoms with Gasteiger partial charge in [-0.2, -0.15) is 21.6 Å². The third-order valence-electron chi connectivity index (χ3n) is 4.99. The van der Waals surface area contributed by atoms with Gasteiger partial charge in [-0.05, 0) is 41.8 Å². The number of carbonyl (C=O) groups is 1. The molecular weight excluding hydrogens is 496 g/mol. The summed E-state index contributed by atoms with van der Waals surface area (Å²) in [6.07, 6.45) is -1.45. The quantitative estimate of drug-likeness (QED) is 0.287. The van der Waals surface area contributed by atoms with Crippen molar-refractivity contribution in [1.29, 1.82) is 0 Å². The number of anilines is 1. The van der Waals surface area contributed by atoms with Gasteiger partial charge in [0.1, 0.15) is 17.4 Å². The van der Waals surface area contributed by atoms with Crippen molar-refractivity contribution in [2.45, 2.75) is 25.9 Å². The second-order valence-electron chi connectivity index (χ2n) is 8.05. The number of hydrogen-bond acceptors (Lipinski definition) is 5. The highest BCUT2D eigenvalue weighted by molar-refractivity contribution is 7.88. The molecule has 0 aliphatic heterocycles. The molecule has 0 saturated carbocycles. The third-order valence-corrected chi connectivity index (χ3v) is 5.97. The molecule has 1 N–H and O–H groups in total. The van der Waals surface area contributed by atoms with Crippen molar-refractivity contribution in [1.82, 2.24) is 4.57 Å². The zero-order valence-corrected chi connectivity index (χ0v) is 19.4. The molecule has 1 heterocycles. The Hall–Kier alpha value is -3.61. The first-order valence-electron chi connectivity index (χ1n) is 10.1. The molecule has 0 aliphatic carbocycles. The second kappa shape index (κ2) is 9.21. The second-order valence-corrected chi connectivity index (χ2v) is 9.59. The Balaban J connectivity index is 2.48. The van der Waals surface area contributed by atoms with Gasteiger partial charge >= 0.3 is 21.7 Å². The van der Waals surface area contributed by atoms with Crippen molar-refractivity contribution in [3.05, 3.63) is 58.6 Å². The zero-order valence-electron chi connectivity index (χ0n) is 18.6. The van der Waals surface area contributed by atoms with Crippen LogP contribution in [0.25, 0.3) is 21.9 Å². The lowest BCUT2D eigenvalue weighted by Crippen LogP contribution is -2.34. The fourth-order valence-electron chi connectivity index (χ4n) is 3.51. The van der Waals surface area contributed by atoms with Gasteiger partial charge in [0.25, 0.3) is 5.56 Å². The van der Waals surface area contributed by atoms with Gasteiger partial charge in [-0.3, -0.25) is 14.3 Å². The van der Waals surface area contributed by atoms with Crippen molar-refractivity contribution in [3.63, 3.8) is 0 Å². The highest BCUT2D eigenvalue weighted by Gasteiger charge is 2.48. The maximum absolute atomic E-state index is 13.6. The molecule has 3 rings (SSSR count). The van der Waals surface area contributed by atoms with Crippen LogP contribution in [0.3, 0.4) is 0 Å². The topological polar surface area (TPSA) is 106 Å². The van der Waals surface area contributed by atoms with Gasteiger partial charge in [-0.15, -0.1) is 0 Å². The maximum atomic E-state index is 13.6. The first-order valence-corrected chi connectivity index (χ1v) is 11.5. The minimum Gasteiger partial charge on any atom is -0.465 e. The normalized spacial score (nSPS) is 12.2. The molecule has 3 aromatic rings. The van der Waals surface area contributed by atoms with Crippen molar-refractivity contribution in [3.8, 4) is 16.9 Å². The molecule has 188 valence electrons. The van der Waals surface area contributed by atoms with E-state index in [1.807, 2.05) is 0 Å². The van der Waals surface area contributed by atoms with Crippen LogP contribution in [0.5, 0.6) is 5.75 Å². The van der Waals surface area contributed by atoms with E-state index in [2.05, 4.69) is 4.18 Å². The van der Waals surface area contributed by atoms with E-state index in [4.69, 9.17) is 0 Å². The molecule has 0 spiro atoms. The van der Waals surface area contributed by atoms with Gasteiger partial charge < -0.3 is 9.29 Å². The Morgan fingerprint density at radius 3 is 2.23 bits per heavy atom. The standard InChI is InChI=1S/C22H20F4N2O6S/c1-12(2)11-28-19(27(3)21(30)31)18(13-4-6-14(23)7-5-13)17-10-15(8-9-16(17)20(28)29)34-35(32,33)22(24,25)26/h4-10,12H,11H2,1-3H3,(H,30,31). The molecule has 0 fully saturated rings. The van der Waals surface area contributed by atoms with E-state index in [-0.39, 0.29) is 40.2 Å². The molecule has 0 saturated heterocycles. The number of halogens is 4. The van der Waals surface area contributed by atoms with E-state index >= 15 is 0 Å². The predicted octanol–water partition coefficient (Wildman–Crippen LogP) is 4.81. The fraction of sp³-hybridized carbons (Fsp3) is 0.273. The molecule has 1 aromatic heterocycles. The number of hydrogen-bond donors (Lipinski definition) is 1. The fourth-order valence-corrected chi connectivity index (χ4v) is 3.97. The third kappa shape index (κ3) is 5.09. The number of pyridine rings is 1. The summed E-state index contributed by atoms with van der Waals surface area (Å²) < 4.78 is 80.6. The molecule has 0 bridgehead atoms. The first kappa shape index (κ1) is 26.0. The van der Waals surface area contributed by atoms with Gasteiger partial charge in [-0.25, -0.2) is 9.18 Å². The Kier molecular flexibility index (Phi) is 6.84. The molecule has 1 amide bonds. The number of carboxylic acid groups (broad SMARTS) is 1. The lowest BCUT2D eigenvalue weighted by Gasteiger charge is -2.26. The van der Waals surface area contributed by atoms with Crippen LogP contribution in [0.1, 0.15) is 13.8 Å². The Morgan fingerprint density at radius 1 is 1.11 bits per heavy atom. The Bertz CT molecular complexity index is 1450. The number of aromatic nitrogens is 1. The smallest absolute Gasteiger partial charge is 0.465 e. The van der Waals surface area contributed by atoms with Crippen molar-refractivity contribution < 1.29 is 40.1 Å². The molecule has 0 unspecified atom stereocenters. The zero-order chi connectivity index (χ0) is 26.3. The van der Waals surface area contributed by atoms with Gasteiger partial charge in [0.2, 0.25) is 0 Å². The lowest BCUT2D eigenvalue weighted by atomic mass is 9.98. The van der Waals surface area contributed by atoms with E-state index in [9.17, 15) is 40.7 Å². The minimum absolute atomic E-state index is 0.0377. The summed E-state index contributed by atoms with van der Waals surface area (Å²) in [5, 5.41) is 9.57. The van der Waals surface area contributed by atoms with Crippen LogP contribution in [0.4, 0.5) is 28.2 Å². The number of fused-ring (bicyclic) bond motifs is 1. The highest BCUT2D eigenvalue weighted by Crippen LogP contribution is 2.38. The van der Waals surface area contributed by atoms with Crippen LogP contribution in [0.15, 0.2) is 47.3 Å². The van der Waals surface area contributed by atoms with Crippen molar-refractivity contribution >= 4 is 32.8 Å². The molecule has 0 radical (unpaired) electrons. The van der Waals surface area contributed by atoms with Crippen LogP contribution < -0.4 is 14.6 Å².